The van der Waals surface area contributed by atoms with E-state index in [2.05, 4.69) is 12.2 Å². The fourth-order valence-electron chi connectivity index (χ4n) is 1.97. The van der Waals surface area contributed by atoms with Crippen molar-refractivity contribution in [1.29, 1.82) is 0 Å². The molecular weight excluding hydrogens is 204 g/mol. The minimum atomic E-state index is -0.391. The molecule has 4 nitrogen and oxygen atoms in total. The Morgan fingerprint density at radius 1 is 1.56 bits per heavy atom. The van der Waals surface area contributed by atoms with E-state index in [-0.39, 0.29) is 11.9 Å². The highest BCUT2D eigenvalue weighted by atomic mass is 16.5. The first-order valence-corrected chi connectivity index (χ1v) is 6.20. The zero-order valence-electron chi connectivity index (χ0n) is 10.4. The molecule has 1 rings (SSSR count). The molecule has 0 heterocycles. The summed E-state index contributed by atoms with van der Waals surface area (Å²) < 4.78 is 4.93. The molecule has 0 aliphatic heterocycles. The minimum absolute atomic E-state index is 0.0181. The van der Waals surface area contributed by atoms with Crippen molar-refractivity contribution in [2.45, 2.75) is 51.1 Å². The number of nitrogens with two attached hydrogens (primary N) is 1. The number of methoxy groups -OCH3 is 1. The van der Waals surface area contributed by atoms with Crippen LogP contribution in [0, 0.1) is 5.92 Å². The van der Waals surface area contributed by atoms with Crippen LogP contribution < -0.4 is 11.1 Å². The van der Waals surface area contributed by atoms with Crippen molar-refractivity contribution in [3.63, 3.8) is 0 Å². The number of carbonyl (C=O) groups is 1. The van der Waals surface area contributed by atoms with E-state index in [0.29, 0.717) is 18.9 Å². The summed E-state index contributed by atoms with van der Waals surface area (Å²) in [6.07, 6.45) is 5.30. The average molecular weight is 228 g/mol. The summed E-state index contributed by atoms with van der Waals surface area (Å²) in [5.74, 6) is 0.644. The smallest absolute Gasteiger partial charge is 0.237 e. The van der Waals surface area contributed by atoms with Gasteiger partial charge in [-0.3, -0.25) is 4.79 Å². The Kier molecular flexibility index (Phi) is 5.77. The molecule has 1 aliphatic rings. The van der Waals surface area contributed by atoms with E-state index in [1.807, 2.05) is 0 Å². The Balaban J connectivity index is 2.16. The molecule has 1 saturated carbocycles. The van der Waals surface area contributed by atoms with Gasteiger partial charge in [0, 0.05) is 19.8 Å². The summed E-state index contributed by atoms with van der Waals surface area (Å²) in [7, 11) is 1.66. The molecule has 94 valence electrons. The first-order chi connectivity index (χ1) is 7.65. The van der Waals surface area contributed by atoms with Gasteiger partial charge in [0.1, 0.15) is 0 Å². The Labute approximate surface area is 97.9 Å². The Bertz CT molecular complexity index is 217. The Morgan fingerprint density at radius 2 is 2.25 bits per heavy atom. The van der Waals surface area contributed by atoms with Gasteiger partial charge in [0.2, 0.25) is 5.91 Å². The third kappa shape index (κ3) is 4.10. The maximum atomic E-state index is 11.7. The highest BCUT2D eigenvalue weighted by Crippen LogP contribution is 2.29. The zero-order valence-corrected chi connectivity index (χ0v) is 10.4. The van der Waals surface area contributed by atoms with Crippen LogP contribution in [0.25, 0.3) is 0 Å². The van der Waals surface area contributed by atoms with Crippen LogP contribution in [0.5, 0.6) is 0 Å². The minimum Gasteiger partial charge on any atom is -0.385 e. The van der Waals surface area contributed by atoms with Gasteiger partial charge in [-0.05, 0) is 38.5 Å². The summed E-state index contributed by atoms with van der Waals surface area (Å²) in [6.45, 7) is 2.74. The van der Waals surface area contributed by atoms with Gasteiger partial charge in [-0.15, -0.1) is 0 Å². The summed E-state index contributed by atoms with van der Waals surface area (Å²) in [6, 6.07) is -0.118. The molecule has 3 N–H and O–H groups in total. The van der Waals surface area contributed by atoms with Crippen LogP contribution in [0.2, 0.25) is 0 Å². The molecule has 0 bridgehead atoms. The molecule has 1 aliphatic carbocycles. The fraction of sp³-hybridized carbons (Fsp3) is 0.917. The van der Waals surface area contributed by atoms with Gasteiger partial charge in [-0.25, -0.2) is 0 Å². The Hall–Kier alpha value is -0.610. The van der Waals surface area contributed by atoms with Crippen LogP contribution in [-0.4, -0.2) is 31.7 Å². The number of nitrogens with one attached hydrogen (secondary N) is 1. The summed E-state index contributed by atoms with van der Waals surface area (Å²) in [5, 5.41) is 3.00. The van der Waals surface area contributed by atoms with E-state index < -0.39 is 6.04 Å². The van der Waals surface area contributed by atoms with Crippen LogP contribution >= 0.6 is 0 Å². The lowest BCUT2D eigenvalue weighted by Crippen LogP contribution is -2.48. The molecule has 0 aromatic heterocycles. The maximum absolute atomic E-state index is 11.7. The second-order valence-electron chi connectivity index (χ2n) is 4.73. The van der Waals surface area contributed by atoms with Crippen LogP contribution in [0.4, 0.5) is 0 Å². The van der Waals surface area contributed by atoms with Crippen molar-refractivity contribution >= 4 is 5.91 Å². The van der Waals surface area contributed by atoms with Gasteiger partial charge < -0.3 is 15.8 Å². The number of amides is 1. The van der Waals surface area contributed by atoms with E-state index in [0.717, 1.165) is 6.42 Å². The van der Waals surface area contributed by atoms with E-state index in [9.17, 15) is 4.79 Å². The monoisotopic (exact) mass is 228 g/mol. The molecule has 0 spiro atoms. The van der Waals surface area contributed by atoms with E-state index in [1.165, 1.54) is 19.3 Å². The average Bonchev–Trinajstić information content (AvgIpc) is 2.14. The van der Waals surface area contributed by atoms with Crippen molar-refractivity contribution in [2.24, 2.45) is 11.7 Å². The fourth-order valence-corrected chi connectivity index (χ4v) is 1.97. The molecule has 2 atom stereocenters. The van der Waals surface area contributed by atoms with E-state index in [4.69, 9.17) is 10.5 Å². The molecule has 16 heavy (non-hydrogen) atoms. The van der Waals surface area contributed by atoms with Gasteiger partial charge in [-0.1, -0.05) is 6.42 Å². The van der Waals surface area contributed by atoms with Crippen molar-refractivity contribution in [3.8, 4) is 0 Å². The van der Waals surface area contributed by atoms with E-state index >= 15 is 0 Å². The standard InChI is InChI=1S/C12H24N2O2/c1-9(10-5-3-6-10)14-12(15)11(13)7-4-8-16-2/h9-11H,3-8,13H2,1-2H3,(H,14,15). The maximum Gasteiger partial charge on any atom is 0.237 e. The van der Waals surface area contributed by atoms with Gasteiger partial charge in [0.25, 0.3) is 0 Å². The van der Waals surface area contributed by atoms with Crippen molar-refractivity contribution in [1.82, 2.24) is 5.32 Å². The zero-order chi connectivity index (χ0) is 12.0. The van der Waals surface area contributed by atoms with Crippen LogP contribution in [0.1, 0.15) is 39.0 Å². The molecule has 4 heteroatoms. The number of hydrogen-bond acceptors (Lipinski definition) is 3. The predicted octanol–water partition coefficient (Wildman–Crippen LogP) is 1.05. The third-order valence-electron chi connectivity index (χ3n) is 3.43. The summed E-state index contributed by atoms with van der Waals surface area (Å²) in [5.41, 5.74) is 5.80. The molecule has 1 amide bonds. The quantitative estimate of drug-likeness (QED) is 0.640. The second kappa shape index (κ2) is 6.86. The lowest BCUT2D eigenvalue weighted by molar-refractivity contribution is -0.123. The molecule has 2 unspecified atom stereocenters. The molecule has 0 radical (unpaired) electrons. The van der Waals surface area contributed by atoms with Crippen LogP contribution in [-0.2, 0) is 9.53 Å². The summed E-state index contributed by atoms with van der Waals surface area (Å²) in [4.78, 5) is 11.7. The molecular formula is C12H24N2O2. The molecule has 0 saturated heterocycles. The van der Waals surface area contributed by atoms with Gasteiger partial charge >= 0.3 is 0 Å². The first-order valence-electron chi connectivity index (χ1n) is 6.20. The number of ether oxygens (including phenoxy) is 1. The van der Waals surface area contributed by atoms with Crippen LogP contribution in [0.15, 0.2) is 0 Å². The third-order valence-corrected chi connectivity index (χ3v) is 3.43. The molecule has 1 fully saturated rings. The normalized spacial score (nSPS) is 19.9. The molecule has 0 aromatic rings. The van der Waals surface area contributed by atoms with Crippen molar-refractivity contribution in [3.05, 3.63) is 0 Å². The lowest BCUT2D eigenvalue weighted by atomic mass is 9.80. The van der Waals surface area contributed by atoms with Gasteiger partial charge in [-0.2, -0.15) is 0 Å². The number of hydrogen-bond donors (Lipinski definition) is 2. The SMILES string of the molecule is COCCCC(N)C(=O)NC(C)C1CCC1. The summed E-state index contributed by atoms with van der Waals surface area (Å²) >= 11 is 0. The number of rotatable bonds is 7. The van der Waals surface area contributed by atoms with Gasteiger partial charge in [0.15, 0.2) is 0 Å². The van der Waals surface area contributed by atoms with E-state index in [1.54, 1.807) is 7.11 Å². The Morgan fingerprint density at radius 3 is 2.75 bits per heavy atom. The van der Waals surface area contributed by atoms with Gasteiger partial charge in [0.05, 0.1) is 6.04 Å². The lowest BCUT2D eigenvalue weighted by Gasteiger charge is -2.32. The topological polar surface area (TPSA) is 64.3 Å². The highest BCUT2D eigenvalue weighted by Gasteiger charge is 2.26. The van der Waals surface area contributed by atoms with Crippen molar-refractivity contribution in [2.75, 3.05) is 13.7 Å². The highest BCUT2D eigenvalue weighted by molar-refractivity contribution is 5.81. The van der Waals surface area contributed by atoms with Crippen molar-refractivity contribution < 1.29 is 9.53 Å². The second-order valence-corrected chi connectivity index (χ2v) is 4.73. The molecule has 0 aromatic carbocycles. The van der Waals surface area contributed by atoms with Crippen LogP contribution in [0.3, 0.4) is 0 Å². The predicted molar refractivity (Wildman–Crippen MR) is 64.0 cm³/mol. The first kappa shape index (κ1) is 13.5. The number of carbonyl (C=O) groups excluding carboxylic acids is 1. The largest absolute Gasteiger partial charge is 0.385 e.